The van der Waals surface area contributed by atoms with Crippen LogP contribution in [-0.2, 0) is 6.18 Å². The van der Waals surface area contributed by atoms with Gasteiger partial charge >= 0.3 is 6.18 Å². The summed E-state index contributed by atoms with van der Waals surface area (Å²) < 4.78 is 51.0. The van der Waals surface area contributed by atoms with E-state index < -0.39 is 17.6 Å². The van der Waals surface area contributed by atoms with Crippen molar-refractivity contribution in [2.45, 2.75) is 26.1 Å². The highest BCUT2D eigenvalue weighted by Crippen LogP contribution is 2.37. The quantitative estimate of drug-likeness (QED) is 0.576. The first kappa shape index (κ1) is 19.5. The fraction of sp³-hybridized carbons (Fsp3) is 0.200. The highest BCUT2D eigenvalue weighted by molar-refractivity contribution is 5.62. The Balaban J connectivity index is 1.94. The van der Waals surface area contributed by atoms with Gasteiger partial charge in [0.15, 0.2) is 0 Å². The first-order valence-corrected chi connectivity index (χ1v) is 8.53. The standard InChI is InChI=1S/C20H18F3N3O2/c1-13(2)27-17-11-7-6-10-16(17)25-19-24-12-15(20(21,22)23)18(26-19)28-14-8-4-3-5-9-14/h3-13H,1-2H3,(H,24,25,26). The Kier molecular flexibility index (Phi) is 5.67. The first-order chi connectivity index (χ1) is 13.3. The van der Waals surface area contributed by atoms with Crippen molar-refractivity contribution in [2.75, 3.05) is 5.32 Å². The van der Waals surface area contributed by atoms with Crippen LogP contribution >= 0.6 is 0 Å². The smallest absolute Gasteiger partial charge is 0.423 e. The van der Waals surface area contributed by atoms with Gasteiger partial charge in [-0.25, -0.2) is 4.98 Å². The van der Waals surface area contributed by atoms with E-state index in [4.69, 9.17) is 9.47 Å². The summed E-state index contributed by atoms with van der Waals surface area (Å²) in [6, 6.07) is 15.1. The summed E-state index contributed by atoms with van der Waals surface area (Å²) in [4.78, 5) is 7.72. The molecule has 0 aliphatic rings. The second kappa shape index (κ2) is 8.16. The number of hydrogen-bond acceptors (Lipinski definition) is 5. The van der Waals surface area contributed by atoms with Crippen molar-refractivity contribution in [3.05, 3.63) is 66.4 Å². The Labute approximate surface area is 160 Å². The third-order valence-electron chi connectivity index (χ3n) is 3.51. The van der Waals surface area contributed by atoms with E-state index in [1.54, 1.807) is 54.6 Å². The molecule has 0 spiro atoms. The third kappa shape index (κ3) is 4.91. The Morgan fingerprint density at radius 3 is 2.32 bits per heavy atom. The first-order valence-electron chi connectivity index (χ1n) is 8.53. The molecule has 0 amide bonds. The van der Waals surface area contributed by atoms with Crippen LogP contribution in [0.1, 0.15) is 19.4 Å². The van der Waals surface area contributed by atoms with Gasteiger partial charge in [0.05, 0.1) is 11.8 Å². The van der Waals surface area contributed by atoms with Gasteiger partial charge in [-0.3, -0.25) is 0 Å². The minimum atomic E-state index is -4.65. The molecule has 5 nitrogen and oxygen atoms in total. The Bertz CT molecular complexity index is 931. The molecule has 1 N–H and O–H groups in total. The zero-order valence-corrected chi connectivity index (χ0v) is 15.2. The predicted octanol–water partition coefficient (Wildman–Crippen LogP) is 5.82. The van der Waals surface area contributed by atoms with Gasteiger partial charge in [0.25, 0.3) is 0 Å². The maximum atomic E-state index is 13.3. The number of ether oxygens (including phenoxy) is 2. The third-order valence-corrected chi connectivity index (χ3v) is 3.51. The average Bonchev–Trinajstić information content (AvgIpc) is 2.63. The lowest BCUT2D eigenvalue weighted by molar-refractivity contribution is -0.139. The van der Waals surface area contributed by atoms with E-state index in [1.165, 1.54) is 0 Å². The zero-order chi connectivity index (χ0) is 20.1. The Morgan fingerprint density at radius 1 is 0.964 bits per heavy atom. The molecule has 0 saturated heterocycles. The fourth-order valence-corrected chi connectivity index (χ4v) is 2.35. The predicted molar refractivity (Wildman–Crippen MR) is 99.0 cm³/mol. The lowest BCUT2D eigenvalue weighted by atomic mass is 10.3. The largest absolute Gasteiger partial charge is 0.489 e. The van der Waals surface area contributed by atoms with Crippen molar-refractivity contribution < 1.29 is 22.6 Å². The van der Waals surface area contributed by atoms with Crippen LogP contribution in [0.2, 0.25) is 0 Å². The number of rotatable bonds is 6. The van der Waals surface area contributed by atoms with Crippen LogP contribution in [0, 0.1) is 0 Å². The van der Waals surface area contributed by atoms with E-state index in [-0.39, 0.29) is 17.8 Å². The van der Waals surface area contributed by atoms with Crippen LogP contribution < -0.4 is 14.8 Å². The molecule has 0 fully saturated rings. The summed E-state index contributed by atoms with van der Waals surface area (Å²) in [6.45, 7) is 3.74. The van der Waals surface area contributed by atoms with E-state index in [0.717, 1.165) is 0 Å². The van der Waals surface area contributed by atoms with Gasteiger partial charge in [0.1, 0.15) is 17.1 Å². The Hall–Kier alpha value is -3.29. The number of benzene rings is 2. The van der Waals surface area contributed by atoms with Crippen LogP contribution in [0.5, 0.6) is 17.4 Å². The molecule has 0 radical (unpaired) electrons. The van der Waals surface area contributed by atoms with E-state index in [0.29, 0.717) is 17.6 Å². The second-order valence-electron chi connectivity index (χ2n) is 6.11. The highest BCUT2D eigenvalue weighted by atomic mass is 19.4. The van der Waals surface area contributed by atoms with E-state index in [1.807, 2.05) is 13.8 Å². The molecule has 3 aromatic rings. The number of para-hydroxylation sites is 3. The van der Waals surface area contributed by atoms with Crippen molar-refractivity contribution in [1.29, 1.82) is 0 Å². The minimum absolute atomic E-state index is 0.0428. The molecule has 8 heteroatoms. The molecule has 0 saturated carbocycles. The molecule has 1 aromatic heterocycles. The minimum Gasteiger partial charge on any atom is -0.489 e. The van der Waals surface area contributed by atoms with Gasteiger partial charge in [0.2, 0.25) is 11.8 Å². The van der Waals surface area contributed by atoms with Gasteiger partial charge in [0, 0.05) is 6.20 Å². The molecule has 0 unspecified atom stereocenters. The molecule has 0 aliphatic heterocycles. The van der Waals surface area contributed by atoms with Crippen LogP contribution in [-0.4, -0.2) is 16.1 Å². The molecular weight excluding hydrogens is 371 g/mol. The second-order valence-corrected chi connectivity index (χ2v) is 6.11. The summed E-state index contributed by atoms with van der Waals surface area (Å²) in [5.41, 5.74) is -0.532. The van der Waals surface area contributed by atoms with Crippen molar-refractivity contribution in [2.24, 2.45) is 0 Å². The average molecular weight is 389 g/mol. The Morgan fingerprint density at radius 2 is 1.64 bits per heavy atom. The van der Waals surface area contributed by atoms with Gasteiger partial charge < -0.3 is 14.8 Å². The SMILES string of the molecule is CC(C)Oc1ccccc1Nc1ncc(C(F)(F)F)c(Oc2ccccc2)n1. The van der Waals surface area contributed by atoms with Crippen LogP contribution in [0.15, 0.2) is 60.8 Å². The number of anilines is 2. The maximum Gasteiger partial charge on any atom is 0.423 e. The molecule has 1 heterocycles. The lowest BCUT2D eigenvalue weighted by Crippen LogP contribution is -2.11. The van der Waals surface area contributed by atoms with Crippen LogP contribution in [0.3, 0.4) is 0 Å². The van der Waals surface area contributed by atoms with Crippen LogP contribution in [0.4, 0.5) is 24.8 Å². The molecule has 2 aromatic carbocycles. The number of nitrogens with zero attached hydrogens (tertiary/aromatic N) is 2. The van der Waals surface area contributed by atoms with Crippen molar-refractivity contribution >= 4 is 11.6 Å². The monoisotopic (exact) mass is 389 g/mol. The molecule has 28 heavy (non-hydrogen) atoms. The molecule has 3 rings (SSSR count). The number of nitrogens with one attached hydrogen (secondary N) is 1. The van der Waals surface area contributed by atoms with Crippen molar-refractivity contribution in [3.8, 4) is 17.4 Å². The summed E-state index contributed by atoms with van der Waals surface area (Å²) in [5, 5.41) is 2.89. The lowest BCUT2D eigenvalue weighted by Gasteiger charge is -2.16. The van der Waals surface area contributed by atoms with Crippen molar-refractivity contribution in [1.82, 2.24) is 9.97 Å². The fourth-order valence-electron chi connectivity index (χ4n) is 2.35. The number of alkyl halides is 3. The number of hydrogen-bond donors (Lipinski definition) is 1. The normalized spacial score (nSPS) is 11.4. The topological polar surface area (TPSA) is 56.3 Å². The molecule has 0 aliphatic carbocycles. The summed E-state index contributed by atoms with van der Waals surface area (Å²) >= 11 is 0. The number of halogens is 3. The molecule has 0 atom stereocenters. The zero-order valence-electron chi connectivity index (χ0n) is 15.2. The van der Waals surface area contributed by atoms with Gasteiger partial charge in [-0.1, -0.05) is 30.3 Å². The summed E-state index contributed by atoms with van der Waals surface area (Å²) in [7, 11) is 0. The summed E-state index contributed by atoms with van der Waals surface area (Å²) in [6.07, 6.45) is -4.03. The van der Waals surface area contributed by atoms with E-state index in [2.05, 4.69) is 15.3 Å². The molecule has 146 valence electrons. The number of aromatic nitrogens is 2. The maximum absolute atomic E-state index is 13.3. The van der Waals surface area contributed by atoms with Crippen LogP contribution in [0.25, 0.3) is 0 Å². The van der Waals surface area contributed by atoms with Crippen molar-refractivity contribution in [3.63, 3.8) is 0 Å². The van der Waals surface area contributed by atoms with Gasteiger partial charge in [-0.15, -0.1) is 0 Å². The van der Waals surface area contributed by atoms with Gasteiger partial charge in [-0.2, -0.15) is 18.2 Å². The molecular formula is C20H18F3N3O2. The molecule has 0 bridgehead atoms. The highest BCUT2D eigenvalue weighted by Gasteiger charge is 2.36. The summed E-state index contributed by atoms with van der Waals surface area (Å²) in [5.74, 6) is 0.143. The van der Waals surface area contributed by atoms with E-state index >= 15 is 0 Å². The van der Waals surface area contributed by atoms with Gasteiger partial charge in [-0.05, 0) is 38.1 Å². The van der Waals surface area contributed by atoms with E-state index in [9.17, 15) is 13.2 Å².